The molecule has 0 atom stereocenters. The van der Waals surface area contributed by atoms with Crippen LogP contribution in [0.25, 0.3) is 49.8 Å². The molecule has 0 fully saturated rings. The molecule has 0 radical (unpaired) electrons. The molecule has 2 aromatic heterocycles. The highest BCUT2D eigenvalue weighted by Crippen LogP contribution is 2.56. The van der Waals surface area contributed by atoms with Gasteiger partial charge in [0, 0.05) is 16.3 Å². The monoisotopic (exact) mass is 549 g/mol. The lowest BCUT2D eigenvalue weighted by Crippen LogP contribution is -2.28. The Morgan fingerprint density at radius 2 is 1.16 bits per heavy atom. The van der Waals surface area contributed by atoms with E-state index in [9.17, 15) is 0 Å². The fourth-order valence-electron chi connectivity index (χ4n) is 7.43. The fraction of sp³-hybridized carbons (Fsp3) is 0.0500. The zero-order valence-corrected chi connectivity index (χ0v) is 23.7. The number of hydrogen-bond donors (Lipinski definition) is 0. The van der Waals surface area contributed by atoms with Gasteiger partial charge in [0.25, 0.3) is 0 Å². The van der Waals surface area contributed by atoms with Crippen LogP contribution in [-0.4, -0.2) is 14.6 Å². The number of fused-ring (bicyclic) bond motifs is 9. The lowest BCUT2D eigenvalue weighted by molar-refractivity contribution is 0.768. The van der Waals surface area contributed by atoms with Gasteiger partial charge in [-0.3, -0.25) is 4.40 Å². The molecular formula is C40H27N3. The molecule has 43 heavy (non-hydrogen) atoms. The van der Waals surface area contributed by atoms with Crippen molar-refractivity contribution in [2.75, 3.05) is 0 Å². The van der Waals surface area contributed by atoms with Gasteiger partial charge in [0.1, 0.15) is 0 Å². The van der Waals surface area contributed by atoms with Crippen molar-refractivity contribution in [2.24, 2.45) is 0 Å². The summed E-state index contributed by atoms with van der Waals surface area (Å²) in [4.78, 5) is 0. The lowest BCUT2D eigenvalue weighted by Gasteiger charge is -2.34. The van der Waals surface area contributed by atoms with Gasteiger partial charge in [-0.1, -0.05) is 133 Å². The Labute approximate surface area is 249 Å². The van der Waals surface area contributed by atoms with Crippen molar-refractivity contribution in [2.45, 2.75) is 12.3 Å². The maximum Gasteiger partial charge on any atom is 0.169 e. The van der Waals surface area contributed by atoms with Crippen molar-refractivity contribution in [1.82, 2.24) is 14.6 Å². The van der Waals surface area contributed by atoms with Crippen molar-refractivity contribution in [3.05, 3.63) is 173 Å². The first-order chi connectivity index (χ1) is 21.2. The molecule has 0 spiro atoms. The number of aromatic nitrogens is 3. The summed E-state index contributed by atoms with van der Waals surface area (Å²) in [5.41, 5.74) is 11.4. The van der Waals surface area contributed by atoms with Crippen LogP contribution in [0.3, 0.4) is 0 Å². The highest BCUT2D eigenvalue weighted by molar-refractivity contribution is 6.12. The van der Waals surface area contributed by atoms with Crippen LogP contribution in [0.15, 0.2) is 146 Å². The van der Waals surface area contributed by atoms with Gasteiger partial charge in [-0.25, -0.2) is 0 Å². The van der Waals surface area contributed by atoms with Crippen molar-refractivity contribution < 1.29 is 0 Å². The second-order valence-electron chi connectivity index (χ2n) is 11.5. The topological polar surface area (TPSA) is 30.2 Å². The Kier molecular flexibility index (Phi) is 5.03. The summed E-state index contributed by atoms with van der Waals surface area (Å²) >= 11 is 0. The maximum atomic E-state index is 4.87. The third-order valence-corrected chi connectivity index (χ3v) is 9.23. The maximum absolute atomic E-state index is 4.87. The molecule has 6 aromatic carbocycles. The Hall–Kier alpha value is -5.54. The van der Waals surface area contributed by atoms with Gasteiger partial charge in [0.05, 0.1) is 10.9 Å². The van der Waals surface area contributed by atoms with Crippen LogP contribution in [0.5, 0.6) is 0 Å². The van der Waals surface area contributed by atoms with E-state index in [2.05, 4.69) is 157 Å². The average Bonchev–Trinajstić information content (AvgIpc) is 3.64. The Morgan fingerprint density at radius 3 is 1.93 bits per heavy atom. The summed E-state index contributed by atoms with van der Waals surface area (Å²) in [7, 11) is 0. The van der Waals surface area contributed by atoms with Crippen molar-refractivity contribution in [1.29, 1.82) is 0 Å². The summed E-state index contributed by atoms with van der Waals surface area (Å²) < 4.78 is 2.24. The number of aryl methyl sites for hydroxylation is 1. The van der Waals surface area contributed by atoms with Crippen LogP contribution in [0.2, 0.25) is 0 Å². The van der Waals surface area contributed by atoms with Gasteiger partial charge in [-0.15, -0.1) is 10.2 Å². The molecule has 3 nitrogen and oxygen atoms in total. The van der Waals surface area contributed by atoms with Crippen LogP contribution in [0.1, 0.15) is 27.8 Å². The average molecular weight is 550 g/mol. The standard InChI is InChI=1S/C40H27N3/c1-26-20-23-37-34(24-26)30-16-8-9-18-33(30)39-42-41-38(43(37)39)27-21-22-32-31-17-10-11-19-35(31)40(36(32)25-27,28-12-4-2-5-13-28)29-14-6-3-7-15-29/h2-25H,1H3. The highest BCUT2D eigenvalue weighted by Gasteiger charge is 2.46. The molecule has 0 saturated heterocycles. The van der Waals surface area contributed by atoms with Crippen molar-refractivity contribution in [3.8, 4) is 22.5 Å². The second kappa shape index (κ2) is 8.98. The van der Waals surface area contributed by atoms with E-state index in [0.29, 0.717) is 0 Å². The zero-order valence-electron chi connectivity index (χ0n) is 23.7. The molecule has 1 aliphatic rings. The second-order valence-corrected chi connectivity index (χ2v) is 11.5. The normalized spacial score (nSPS) is 13.4. The summed E-state index contributed by atoms with van der Waals surface area (Å²) in [6, 6.07) is 52.7. The fourth-order valence-corrected chi connectivity index (χ4v) is 7.43. The van der Waals surface area contributed by atoms with E-state index in [1.165, 1.54) is 49.7 Å². The number of rotatable bonds is 3. The van der Waals surface area contributed by atoms with Crippen LogP contribution in [0.4, 0.5) is 0 Å². The van der Waals surface area contributed by atoms with Gasteiger partial charge in [-0.2, -0.15) is 0 Å². The van der Waals surface area contributed by atoms with Crippen LogP contribution >= 0.6 is 0 Å². The molecule has 0 N–H and O–H groups in total. The first-order valence-corrected chi connectivity index (χ1v) is 14.8. The Bertz CT molecular complexity index is 2310. The number of benzene rings is 6. The molecule has 0 amide bonds. The first kappa shape index (κ1) is 24.1. The van der Waals surface area contributed by atoms with E-state index in [1.54, 1.807) is 0 Å². The SMILES string of the molecule is Cc1ccc2c(c1)c1ccccc1c1nnc(-c3ccc4c(c3)C(c3ccccc3)(c3ccccc3)c3ccccc3-4)n21. The van der Waals surface area contributed by atoms with Gasteiger partial charge in [-0.05, 0) is 63.9 Å². The molecular weight excluding hydrogens is 522 g/mol. The minimum absolute atomic E-state index is 0.461. The third kappa shape index (κ3) is 3.25. The highest BCUT2D eigenvalue weighted by atomic mass is 15.2. The molecule has 0 unspecified atom stereocenters. The molecule has 8 aromatic rings. The van der Waals surface area contributed by atoms with Gasteiger partial charge >= 0.3 is 0 Å². The van der Waals surface area contributed by atoms with E-state index in [4.69, 9.17) is 10.2 Å². The van der Waals surface area contributed by atoms with E-state index >= 15 is 0 Å². The predicted molar refractivity (Wildman–Crippen MR) is 175 cm³/mol. The van der Waals surface area contributed by atoms with Crippen molar-refractivity contribution >= 4 is 27.3 Å². The minimum Gasteiger partial charge on any atom is -0.274 e. The summed E-state index contributed by atoms with van der Waals surface area (Å²) in [6.45, 7) is 2.15. The Morgan fingerprint density at radius 1 is 0.512 bits per heavy atom. The van der Waals surface area contributed by atoms with Gasteiger partial charge in [0.15, 0.2) is 11.5 Å². The molecule has 9 rings (SSSR count). The third-order valence-electron chi connectivity index (χ3n) is 9.23. The molecule has 0 bridgehead atoms. The number of nitrogens with zero attached hydrogens (tertiary/aromatic N) is 3. The van der Waals surface area contributed by atoms with E-state index < -0.39 is 5.41 Å². The first-order valence-electron chi connectivity index (χ1n) is 14.8. The molecule has 0 saturated carbocycles. The summed E-state index contributed by atoms with van der Waals surface area (Å²) in [5.74, 6) is 0.850. The van der Waals surface area contributed by atoms with E-state index in [1.807, 2.05) is 0 Å². The molecule has 0 aliphatic heterocycles. The van der Waals surface area contributed by atoms with E-state index in [0.717, 1.165) is 27.9 Å². The minimum atomic E-state index is -0.461. The lowest BCUT2D eigenvalue weighted by atomic mass is 9.67. The largest absolute Gasteiger partial charge is 0.274 e. The quantitative estimate of drug-likeness (QED) is 0.206. The molecule has 1 aliphatic carbocycles. The van der Waals surface area contributed by atoms with Crippen molar-refractivity contribution in [3.63, 3.8) is 0 Å². The van der Waals surface area contributed by atoms with E-state index in [-0.39, 0.29) is 0 Å². The Balaban J connectivity index is 1.39. The molecule has 202 valence electrons. The zero-order chi connectivity index (χ0) is 28.5. The van der Waals surface area contributed by atoms with Crippen LogP contribution in [0, 0.1) is 6.92 Å². The summed E-state index contributed by atoms with van der Waals surface area (Å²) in [6.07, 6.45) is 0. The van der Waals surface area contributed by atoms with Gasteiger partial charge < -0.3 is 0 Å². The number of pyridine rings is 1. The number of hydrogen-bond acceptors (Lipinski definition) is 2. The predicted octanol–water partition coefficient (Wildman–Crippen LogP) is 9.37. The van der Waals surface area contributed by atoms with Crippen LogP contribution < -0.4 is 0 Å². The molecule has 2 heterocycles. The molecule has 3 heteroatoms. The smallest absolute Gasteiger partial charge is 0.169 e. The van der Waals surface area contributed by atoms with Crippen LogP contribution in [-0.2, 0) is 5.41 Å². The van der Waals surface area contributed by atoms with Gasteiger partial charge in [0.2, 0.25) is 0 Å². The summed E-state index contributed by atoms with van der Waals surface area (Å²) in [5, 5.41) is 13.2.